The maximum atomic E-state index is 12.7. The van der Waals surface area contributed by atoms with Gasteiger partial charge in [-0.1, -0.05) is 38.3 Å². The smallest absolute Gasteiger partial charge is 0.329 e. The van der Waals surface area contributed by atoms with Crippen molar-refractivity contribution in [1.82, 2.24) is 14.5 Å². The molecular weight excluding hydrogens is 302 g/mol. The first-order valence-corrected chi connectivity index (χ1v) is 9.18. The van der Waals surface area contributed by atoms with Crippen molar-refractivity contribution in [2.45, 2.75) is 71.0 Å². The number of aryl methyl sites for hydroxylation is 2. The number of para-hydroxylation sites is 2. The Morgan fingerprint density at radius 1 is 1.08 bits per heavy atom. The van der Waals surface area contributed by atoms with Gasteiger partial charge in [-0.05, 0) is 31.4 Å². The number of aromatic nitrogens is 2. The van der Waals surface area contributed by atoms with Crippen LogP contribution in [0, 0.1) is 0 Å². The average molecular weight is 329 g/mol. The highest BCUT2D eigenvalue weighted by atomic mass is 16.2. The molecule has 3 rings (SSSR count). The third kappa shape index (κ3) is 3.55. The van der Waals surface area contributed by atoms with Crippen LogP contribution >= 0.6 is 0 Å². The van der Waals surface area contributed by atoms with Crippen molar-refractivity contribution in [3.05, 3.63) is 34.7 Å². The number of hydrogen-bond donors (Lipinski definition) is 1. The van der Waals surface area contributed by atoms with Crippen LogP contribution in [0.5, 0.6) is 0 Å². The summed E-state index contributed by atoms with van der Waals surface area (Å²) in [6.45, 7) is 3.21. The predicted molar refractivity (Wildman–Crippen MR) is 96.1 cm³/mol. The minimum Gasteiger partial charge on any atom is -0.353 e. The quantitative estimate of drug-likeness (QED) is 0.885. The van der Waals surface area contributed by atoms with E-state index in [0.29, 0.717) is 25.6 Å². The molecule has 0 aliphatic heterocycles. The minimum absolute atomic E-state index is 0.0106. The Labute approximate surface area is 142 Å². The molecule has 130 valence electrons. The normalized spacial score (nSPS) is 15.7. The molecule has 1 aromatic heterocycles. The zero-order valence-corrected chi connectivity index (χ0v) is 14.5. The molecule has 1 aliphatic rings. The van der Waals surface area contributed by atoms with Gasteiger partial charge in [0.05, 0.1) is 11.0 Å². The third-order valence-corrected chi connectivity index (χ3v) is 4.91. The Bertz CT molecular complexity index is 754. The first kappa shape index (κ1) is 16.8. The third-order valence-electron chi connectivity index (χ3n) is 4.91. The minimum atomic E-state index is -0.0106. The van der Waals surface area contributed by atoms with E-state index in [1.54, 1.807) is 4.57 Å². The fraction of sp³-hybridized carbons (Fsp3) is 0.579. The van der Waals surface area contributed by atoms with Crippen LogP contribution in [0.3, 0.4) is 0 Å². The van der Waals surface area contributed by atoms with Gasteiger partial charge >= 0.3 is 5.69 Å². The molecule has 1 heterocycles. The number of imidazole rings is 1. The summed E-state index contributed by atoms with van der Waals surface area (Å²) in [5.41, 5.74) is 1.86. The van der Waals surface area contributed by atoms with Crippen LogP contribution in [0.25, 0.3) is 11.0 Å². The molecule has 1 aromatic carbocycles. The lowest BCUT2D eigenvalue weighted by atomic mass is 9.95. The van der Waals surface area contributed by atoms with E-state index in [1.165, 1.54) is 19.3 Å². The van der Waals surface area contributed by atoms with Crippen molar-refractivity contribution in [3.63, 3.8) is 0 Å². The SMILES string of the molecule is CCCn1c(=O)n(CCC(=O)NC2CCCCC2)c2ccccc21. The zero-order chi connectivity index (χ0) is 16.9. The highest BCUT2D eigenvalue weighted by molar-refractivity contribution is 5.78. The Morgan fingerprint density at radius 2 is 1.71 bits per heavy atom. The number of benzene rings is 1. The van der Waals surface area contributed by atoms with Crippen LogP contribution < -0.4 is 11.0 Å². The number of carbonyl (C=O) groups is 1. The van der Waals surface area contributed by atoms with Gasteiger partial charge in [0, 0.05) is 25.6 Å². The number of amides is 1. The summed E-state index contributed by atoms with van der Waals surface area (Å²) in [7, 11) is 0. The van der Waals surface area contributed by atoms with Gasteiger partial charge in [-0.2, -0.15) is 0 Å². The first-order valence-electron chi connectivity index (χ1n) is 9.18. The molecular formula is C19H27N3O2. The summed E-state index contributed by atoms with van der Waals surface area (Å²) in [6, 6.07) is 8.15. The molecule has 0 spiro atoms. The van der Waals surface area contributed by atoms with Crippen molar-refractivity contribution in [2.75, 3.05) is 0 Å². The summed E-state index contributed by atoms with van der Waals surface area (Å²) in [5.74, 6) is 0.0566. The largest absolute Gasteiger partial charge is 0.353 e. The van der Waals surface area contributed by atoms with E-state index >= 15 is 0 Å². The van der Waals surface area contributed by atoms with Crippen LogP contribution in [-0.4, -0.2) is 21.1 Å². The average Bonchev–Trinajstić information content (AvgIpc) is 2.86. The van der Waals surface area contributed by atoms with Gasteiger partial charge in [-0.25, -0.2) is 4.79 Å². The summed E-state index contributed by atoms with van der Waals surface area (Å²) in [4.78, 5) is 24.9. The molecule has 5 nitrogen and oxygen atoms in total. The molecule has 1 N–H and O–H groups in total. The van der Waals surface area contributed by atoms with Crippen molar-refractivity contribution >= 4 is 16.9 Å². The molecule has 1 aliphatic carbocycles. The molecule has 1 amide bonds. The summed E-state index contributed by atoms with van der Waals surface area (Å²) in [6.07, 6.45) is 7.12. The van der Waals surface area contributed by atoms with Crippen molar-refractivity contribution < 1.29 is 4.79 Å². The zero-order valence-electron chi connectivity index (χ0n) is 14.5. The van der Waals surface area contributed by atoms with E-state index in [9.17, 15) is 9.59 Å². The van der Waals surface area contributed by atoms with E-state index in [0.717, 1.165) is 30.3 Å². The van der Waals surface area contributed by atoms with Crippen LogP contribution in [0.4, 0.5) is 0 Å². The number of nitrogens with one attached hydrogen (secondary N) is 1. The van der Waals surface area contributed by atoms with E-state index < -0.39 is 0 Å². The number of rotatable bonds is 6. The number of hydrogen-bond acceptors (Lipinski definition) is 2. The van der Waals surface area contributed by atoms with Crippen LogP contribution in [0.2, 0.25) is 0 Å². The summed E-state index contributed by atoms with van der Waals surface area (Å²) < 4.78 is 3.56. The maximum Gasteiger partial charge on any atom is 0.329 e. The number of carbonyl (C=O) groups excluding carboxylic acids is 1. The van der Waals surface area contributed by atoms with Gasteiger partial charge in [-0.15, -0.1) is 0 Å². The molecule has 0 atom stereocenters. The van der Waals surface area contributed by atoms with Gasteiger partial charge in [0.2, 0.25) is 5.91 Å². The Morgan fingerprint density at radius 3 is 2.33 bits per heavy atom. The molecule has 24 heavy (non-hydrogen) atoms. The first-order chi connectivity index (χ1) is 11.7. The second kappa shape index (κ2) is 7.69. The van der Waals surface area contributed by atoms with Gasteiger partial charge in [0.15, 0.2) is 0 Å². The second-order valence-electron chi connectivity index (χ2n) is 6.73. The topological polar surface area (TPSA) is 56.0 Å². The number of nitrogens with zero attached hydrogens (tertiary/aromatic N) is 2. The molecule has 0 unspecified atom stereocenters. The van der Waals surface area contributed by atoms with Gasteiger partial charge < -0.3 is 5.32 Å². The van der Waals surface area contributed by atoms with Crippen molar-refractivity contribution in [2.24, 2.45) is 0 Å². The Balaban J connectivity index is 1.71. The fourth-order valence-corrected chi connectivity index (χ4v) is 3.69. The van der Waals surface area contributed by atoms with Crippen molar-refractivity contribution in [3.8, 4) is 0 Å². The van der Waals surface area contributed by atoms with Gasteiger partial charge in [0.1, 0.15) is 0 Å². The lowest BCUT2D eigenvalue weighted by Crippen LogP contribution is -2.37. The molecule has 0 radical (unpaired) electrons. The van der Waals surface area contributed by atoms with Crippen LogP contribution in [0.1, 0.15) is 51.9 Å². The van der Waals surface area contributed by atoms with Gasteiger partial charge in [0.25, 0.3) is 0 Å². The maximum absolute atomic E-state index is 12.7. The van der Waals surface area contributed by atoms with Crippen molar-refractivity contribution in [1.29, 1.82) is 0 Å². The summed E-state index contributed by atoms with van der Waals surface area (Å²) in [5, 5.41) is 3.13. The molecule has 2 aromatic rings. The van der Waals surface area contributed by atoms with E-state index in [1.807, 2.05) is 28.8 Å². The van der Waals surface area contributed by atoms with E-state index in [2.05, 4.69) is 12.2 Å². The lowest BCUT2D eigenvalue weighted by Gasteiger charge is -2.22. The van der Waals surface area contributed by atoms with E-state index in [-0.39, 0.29) is 11.6 Å². The second-order valence-corrected chi connectivity index (χ2v) is 6.73. The molecule has 0 bridgehead atoms. The number of fused-ring (bicyclic) bond motifs is 1. The predicted octanol–water partition coefficient (Wildman–Crippen LogP) is 3.05. The monoisotopic (exact) mass is 329 g/mol. The standard InChI is InChI=1S/C19H27N3O2/c1-2-13-21-16-10-6-7-11-17(16)22(19(21)24)14-12-18(23)20-15-8-4-3-5-9-15/h6-7,10-11,15H,2-5,8-9,12-14H2,1H3,(H,20,23). The highest BCUT2D eigenvalue weighted by Gasteiger charge is 2.17. The van der Waals surface area contributed by atoms with Crippen LogP contribution in [-0.2, 0) is 17.9 Å². The highest BCUT2D eigenvalue weighted by Crippen LogP contribution is 2.18. The molecule has 1 fully saturated rings. The molecule has 1 saturated carbocycles. The van der Waals surface area contributed by atoms with Gasteiger partial charge in [-0.3, -0.25) is 13.9 Å². The van der Waals surface area contributed by atoms with Crippen LogP contribution in [0.15, 0.2) is 29.1 Å². The molecule has 0 saturated heterocycles. The Kier molecular flexibility index (Phi) is 5.38. The molecule has 5 heteroatoms. The Hall–Kier alpha value is -2.04. The fourth-order valence-electron chi connectivity index (χ4n) is 3.69. The summed E-state index contributed by atoms with van der Waals surface area (Å²) >= 11 is 0. The lowest BCUT2D eigenvalue weighted by molar-refractivity contribution is -0.122. The van der Waals surface area contributed by atoms with E-state index in [4.69, 9.17) is 0 Å².